The number of carbonyl (C=O) groups excluding carboxylic acids is 1. The van der Waals surface area contributed by atoms with Gasteiger partial charge in [0.25, 0.3) is 5.91 Å². The molecule has 1 heterocycles. The van der Waals surface area contributed by atoms with Gasteiger partial charge in [-0.2, -0.15) is 5.10 Å². The Morgan fingerprint density at radius 1 is 1.30 bits per heavy atom. The molecular weight excluding hydrogens is 382 g/mol. The molecule has 144 valence electrons. The number of rotatable bonds is 5. The summed E-state index contributed by atoms with van der Waals surface area (Å²) in [4.78, 5) is 12.0. The second-order valence-electron chi connectivity index (χ2n) is 6.41. The molecule has 6 nitrogen and oxygen atoms in total. The van der Waals surface area contributed by atoms with E-state index in [1.54, 1.807) is 6.08 Å². The third-order valence-corrected chi connectivity index (χ3v) is 4.42. The molecule has 0 saturated carbocycles. The fraction of sp³-hybridized carbons (Fsp3) is 0.316. The summed E-state index contributed by atoms with van der Waals surface area (Å²) in [6, 6.07) is 7.87. The number of hydrazine groups is 1. The first-order valence-corrected chi connectivity index (χ1v) is 9.38. The molecule has 0 spiro atoms. The SMILES string of the molecule is Cc1nn(Cc2ccccc2Cl)c(C)c1/C=C/C(=O)NNC(=S)NC(C)C. The quantitative estimate of drug-likeness (QED) is 0.405. The minimum Gasteiger partial charge on any atom is -0.359 e. The number of nitrogens with zero attached hydrogens (tertiary/aromatic N) is 2. The number of hydrogen-bond acceptors (Lipinski definition) is 3. The first kappa shape index (κ1) is 20.9. The number of aryl methyl sites for hydroxylation is 1. The van der Waals surface area contributed by atoms with Crippen LogP contribution in [0.15, 0.2) is 30.3 Å². The fourth-order valence-electron chi connectivity index (χ4n) is 2.51. The van der Waals surface area contributed by atoms with Crippen molar-refractivity contribution in [3.63, 3.8) is 0 Å². The number of thiocarbonyl (C=S) groups is 1. The van der Waals surface area contributed by atoms with Gasteiger partial charge >= 0.3 is 0 Å². The first-order valence-electron chi connectivity index (χ1n) is 8.60. The maximum absolute atomic E-state index is 12.0. The van der Waals surface area contributed by atoms with Gasteiger partial charge in [-0.3, -0.25) is 20.3 Å². The van der Waals surface area contributed by atoms with Gasteiger partial charge in [0.1, 0.15) is 0 Å². The van der Waals surface area contributed by atoms with Crippen LogP contribution in [0.4, 0.5) is 0 Å². The van der Waals surface area contributed by atoms with Crippen LogP contribution in [-0.2, 0) is 11.3 Å². The summed E-state index contributed by atoms with van der Waals surface area (Å²) in [6.45, 7) is 8.37. The van der Waals surface area contributed by atoms with E-state index in [9.17, 15) is 4.79 Å². The number of carbonyl (C=O) groups is 1. The highest BCUT2D eigenvalue weighted by Crippen LogP contribution is 2.20. The number of amides is 1. The molecular formula is C19H24ClN5OS. The van der Waals surface area contributed by atoms with Crippen molar-refractivity contribution in [3.8, 4) is 0 Å². The lowest BCUT2D eigenvalue weighted by Gasteiger charge is -2.12. The molecule has 0 aliphatic rings. The highest BCUT2D eigenvalue weighted by atomic mass is 35.5. The van der Waals surface area contributed by atoms with Gasteiger partial charge in [0.2, 0.25) is 0 Å². The molecule has 1 aromatic carbocycles. The zero-order valence-electron chi connectivity index (χ0n) is 15.8. The zero-order valence-corrected chi connectivity index (χ0v) is 17.4. The van der Waals surface area contributed by atoms with E-state index in [1.807, 2.05) is 56.6 Å². The Balaban J connectivity index is 2.03. The third-order valence-electron chi connectivity index (χ3n) is 3.84. The smallest absolute Gasteiger partial charge is 0.262 e. The Morgan fingerprint density at radius 3 is 2.67 bits per heavy atom. The van der Waals surface area contributed by atoms with Crippen LogP contribution in [-0.4, -0.2) is 26.8 Å². The highest BCUT2D eigenvalue weighted by molar-refractivity contribution is 7.80. The highest BCUT2D eigenvalue weighted by Gasteiger charge is 2.11. The van der Waals surface area contributed by atoms with Crippen LogP contribution in [0.25, 0.3) is 6.08 Å². The van der Waals surface area contributed by atoms with E-state index in [4.69, 9.17) is 23.8 Å². The van der Waals surface area contributed by atoms with E-state index in [-0.39, 0.29) is 11.9 Å². The predicted molar refractivity (Wildman–Crippen MR) is 113 cm³/mol. The maximum Gasteiger partial charge on any atom is 0.262 e. The van der Waals surface area contributed by atoms with Crippen LogP contribution < -0.4 is 16.2 Å². The van der Waals surface area contributed by atoms with Crippen molar-refractivity contribution in [2.45, 2.75) is 40.3 Å². The normalized spacial score (nSPS) is 11.0. The molecule has 27 heavy (non-hydrogen) atoms. The Hall–Kier alpha value is -2.38. The lowest BCUT2D eigenvalue weighted by molar-refractivity contribution is -0.116. The van der Waals surface area contributed by atoms with Crippen molar-refractivity contribution in [2.24, 2.45) is 0 Å². The van der Waals surface area contributed by atoms with E-state index in [2.05, 4.69) is 21.3 Å². The molecule has 0 fully saturated rings. The van der Waals surface area contributed by atoms with E-state index >= 15 is 0 Å². The predicted octanol–water partition coefficient (Wildman–Crippen LogP) is 3.12. The molecule has 0 bridgehead atoms. The van der Waals surface area contributed by atoms with Gasteiger partial charge in [-0.1, -0.05) is 29.8 Å². The van der Waals surface area contributed by atoms with Crippen LogP contribution in [0, 0.1) is 13.8 Å². The van der Waals surface area contributed by atoms with Crippen molar-refractivity contribution in [2.75, 3.05) is 0 Å². The number of hydrogen-bond donors (Lipinski definition) is 3. The Morgan fingerprint density at radius 2 is 2.00 bits per heavy atom. The molecule has 1 amide bonds. The molecule has 8 heteroatoms. The van der Waals surface area contributed by atoms with Crippen molar-refractivity contribution in [1.82, 2.24) is 25.9 Å². The van der Waals surface area contributed by atoms with Gasteiger partial charge in [0, 0.05) is 28.4 Å². The Bertz CT molecular complexity index is 860. The fourth-order valence-corrected chi connectivity index (χ4v) is 2.99. The number of aromatic nitrogens is 2. The molecule has 0 aliphatic carbocycles. The number of halogens is 1. The van der Waals surface area contributed by atoms with E-state index in [1.165, 1.54) is 6.08 Å². The molecule has 3 N–H and O–H groups in total. The summed E-state index contributed by atoms with van der Waals surface area (Å²) in [5.41, 5.74) is 8.88. The maximum atomic E-state index is 12.0. The van der Waals surface area contributed by atoms with Crippen molar-refractivity contribution in [3.05, 3.63) is 57.9 Å². The van der Waals surface area contributed by atoms with E-state index < -0.39 is 0 Å². The lowest BCUT2D eigenvalue weighted by atomic mass is 10.1. The summed E-state index contributed by atoms with van der Waals surface area (Å²) in [7, 11) is 0. The first-order chi connectivity index (χ1) is 12.8. The third kappa shape index (κ3) is 6.08. The van der Waals surface area contributed by atoms with Crippen molar-refractivity contribution < 1.29 is 4.79 Å². The minimum absolute atomic E-state index is 0.187. The van der Waals surface area contributed by atoms with Crippen molar-refractivity contribution in [1.29, 1.82) is 0 Å². The Kier molecular flexibility index (Phi) is 7.38. The van der Waals surface area contributed by atoms with E-state index in [0.717, 1.165) is 22.5 Å². The average Bonchev–Trinajstić information content (AvgIpc) is 2.86. The van der Waals surface area contributed by atoms with Gasteiger partial charge < -0.3 is 5.32 Å². The zero-order chi connectivity index (χ0) is 20.0. The summed E-state index contributed by atoms with van der Waals surface area (Å²) in [6.07, 6.45) is 3.19. The molecule has 2 aromatic rings. The van der Waals surface area contributed by atoms with Crippen LogP contribution in [0.1, 0.15) is 36.4 Å². The standard InChI is InChI=1S/C19H24ClN5OS/c1-12(2)21-19(27)23-22-18(26)10-9-16-13(3)24-25(14(16)4)11-15-7-5-6-8-17(15)20/h5-10,12H,11H2,1-4H3,(H,22,26)(H2,21,23,27)/b10-9+. The summed E-state index contributed by atoms with van der Waals surface area (Å²) >= 11 is 11.3. The van der Waals surface area contributed by atoms with Gasteiger partial charge in [-0.05, 0) is 57.6 Å². The number of benzene rings is 1. The molecule has 0 unspecified atom stereocenters. The van der Waals surface area contributed by atoms with Gasteiger partial charge in [-0.25, -0.2) is 0 Å². The van der Waals surface area contributed by atoms with Crippen LogP contribution in [0.5, 0.6) is 0 Å². The minimum atomic E-state index is -0.305. The summed E-state index contributed by atoms with van der Waals surface area (Å²) < 4.78 is 1.88. The average molecular weight is 406 g/mol. The van der Waals surface area contributed by atoms with Crippen LogP contribution >= 0.6 is 23.8 Å². The van der Waals surface area contributed by atoms with Crippen molar-refractivity contribution >= 4 is 40.9 Å². The molecule has 2 rings (SSSR count). The molecule has 1 aromatic heterocycles. The van der Waals surface area contributed by atoms with Crippen LogP contribution in [0.3, 0.4) is 0 Å². The second-order valence-corrected chi connectivity index (χ2v) is 7.22. The largest absolute Gasteiger partial charge is 0.359 e. The molecule has 0 atom stereocenters. The van der Waals surface area contributed by atoms with Crippen LogP contribution in [0.2, 0.25) is 5.02 Å². The monoisotopic (exact) mass is 405 g/mol. The van der Waals surface area contributed by atoms with Gasteiger partial charge in [0.15, 0.2) is 5.11 Å². The molecule has 0 radical (unpaired) electrons. The summed E-state index contributed by atoms with van der Waals surface area (Å²) in [5, 5.41) is 8.61. The lowest BCUT2D eigenvalue weighted by Crippen LogP contribution is -2.48. The Labute approximate surface area is 169 Å². The van der Waals surface area contributed by atoms with E-state index in [0.29, 0.717) is 16.7 Å². The summed E-state index contributed by atoms with van der Waals surface area (Å²) in [5.74, 6) is -0.305. The topological polar surface area (TPSA) is 71.0 Å². The van der Waals surface area contributed by atoms with Gasteiger partial charge in [0.05, 0.1) is 12.2 Å². The second kappa shape index (κ2) is 9.53. The molecule has 0 saturated heterocycles. The van der Waals surface area contributed by atoms with Gasteiger partial charge in [-0.15, -0.1) is 0 Å². The number of nitrogens with one attached hydrogen (secondary N) is 3. The molecule has 0 aliphatic heterocycles.